The quantitative estimate of drug-likeness (QED) is 0.0146. The fourth-order valence-electron chi connectivity index (χ4n) is 11.0. The highest BCUT2D eigenvalue weighted by Gasteiger charge is 2.29. The summed E-state index contributed by atoms with van der Waals surface area (Å²) >= 11 is 0. The molecule has 0 radical (unpaired) electrons. The molecule has 0 spiro atoms. The average molecular weight is 1510 g/mol. The number of allylic oxidation sites excluding steroid dienone is 22. The fourth-order valence-corrected chi connectivity index (χ4v) is 12.6. The smallest absolute Gasteiger partial charge is 0.463 e. The SMILES string of the molecule is CC/C=C\C/C=C\C/C=C\C/C=C\C/C=C\CCCCCCCCCCCCCCCCCC(=O)OCC(O)COP(=O)(O)OCC(O)COP(=O)(O)OCC(COC(=O)CCCCCCCCCCC/C=C\C/C=C\C/C=C\C/C=C\CCCCC)OC(=O)CCCCCCC/C=C\C/C=C\CCC. The molecule has 0 amide bonds. The van der Waals surface area contributed by atoms with Gasteiger partial charge in [0.1, 0.15) is 25.4 Å². The third-order valence-electron chi connectivity index (χ3n) is 17.3. The zero-order valence-corrected chi connectivity index (χ0v) is 67.9. The van der Waals surface area contributed by atoms with Crippen LogP contribution in [-0.4, -0.2) is 95.9 Å². The lowest BCUT2D eigenvalue weighted by atomic mass is 10.0. The van der Waals surface area contributed by atoms with Crippen molar-refractivity contribution in [2.75, 3.05) is 39.6 Å². The van der Waals surface area contributed by atoms with Crippen LogP contribution in [0.5, 0.6) is 0 Å². The van der Waals surface area contributed by atoms with E-state index < -0.39 is 91.5 Å². The van der Waals surface area contributed by atoms with Crippen molar-refractivity contribution >= 4 is 33.6 Å². The van der Waals surface area contributed by atoms with Crippen molar-refractivity contribution in [2.24, 2.45) is 0 Å². The highest BCUT2D eigenvalue weighted by molar-refractivity contribution is 7.47. The number of phosphoric ester groups is 2. The molecule has 0 heterocycles. The Morgan fingerprint density at radius 3 is 0.838 bits per heavy atom. The number of esters is 3. The number of aliphatic hydroxyl groups is 2. The topological polar surface area (TPSA) is 231 Å². The maximum atomic E-state index is 13.0. The maximum absolute atomic E-state index is 13.0. The van der Waals surface area contributed by atoms with Crippen molar-refractivity contribution in [3.8, 4) is 0 Å². The number of rotatable bonds is 78. The van der Waals surface area contributed by atoms with Gasteiger partial charge >= 0.3 is 33.6 Å². The molecule has 0 rings (SSSR count). The first kappa shape index (κ1) is 101. The van der Waals surface area contributed by atoms with E-state index in [0.717, 1.165) is 154 Å². The summed E-state index contributed by atoms with van der Waals surface area (Å²) in [7, 11) is -9.80. The van der Waals surface area contributed by atoms with Crippen molar-refractivity contribution < 1.29 is 75.8 Å². The third-order valence-corrected chi connectivity index (χ3v) is 19.2. The van der Waals surface area contributed by atoms with Gasteiger partial charge in [-0.05, 0) is 135 Å². The molecule has 16 nitrogen and oxygen atoms in total. The summed E-state index contributed by atoms with van der Waals surface area (Å²) in [5.74, 6) is -1.59. The van der Waals surface area contributed by atoms with Crippen LogP contribution < -0.4 is 0 Å². The Bertz CT molecular complexity index is 2440. The number of aliphatic hydroxyl groups excluding tert-OH is 2. The van der Waals surface area contributed by atoms with E-state index in [-0.39, 0.29) is 19.3 Å². The van der Waals surface area contributed by atoms with Crippen LogP contribution in [0.2, 0.25) is 0 Å². The lowest BCUT2D eigenvalue weighted by Gasteiger charge is -2.21. The molecule has 0 bridgehead atoms. The Hall–Kier alpha value is -4.31. The molecule has 0 aromatic carbocycles. The first-order valence-electron chi connectivity index (χ1n) is 41.5. The normalized spacial score (nSPS) is 14.6. The summed E-state index contributed by atoms with van der Waals surface area (Å²) in [6.07, 6.45) is 96.5. The summed E-state index contributed by atoms with van der Waals surface area (Å²) in [6.45, 7) is 2.47. The molecule has 0 aliphatic heterocycles. The van der Waals surface area contributed by atoms with Gasteiger partial charge in [0.15, 0.2) is 6.10 Å². The molecule has 5 atom stereocenters. The van der Waals surface area contributed by atoms with Crippen molar-refractivity contribution in [1.29, 1.82) is 0 Å². The van der Waals surface area contributed by atoms with E-state index in [1.54, 1.807) is 0 Å². The predicted molar refractivity (Wildman–Crippen MR) is 436 cm³/mol. The van der Waals surface area contributed by atoms with Gasteiger partial charge in [-0.2, -0.15) is 0 Å². The Balaban J connectivity index is 4.46. The summed E-state index contributed by atoms with van der Waals surface area (Å²) in [5.41, 5.74) is 0. The van der Waals surface area contributed by atoms with Gasteiger partial charge < -0.3 is 34.2 Å². The van der Waals surface area contributed by atoms with Gasteiger partial charge in [-0.25, -0.2) is 9.13 Å². The molecule has 0 fully saturated rings. The summed E-state index contributed by atoms with van der Waals surface area (Å²) < 4.78 is 61.2. The molecule has 4 N–H and O–H groups in total. The molecule has 0 aliphatic rings. The van der Waals surface area contributed by atoms with E-state index in [1.165, 1.54) is 128 Å². The minimum atomic E-state index is -4.94. The predicted octanol–water partition coefficient (Wildman–Crippen LogP) is 24.7. The summed E-state index contributed by atoms with van der Waals surface area (Å²) in [5, 5.41) is 20.7. The number of hydrogen-bond acceptors (Lipinski definition) is 14. The van der Waals surface area contributed by atoms with Crippen LogP contribution in [0.1, 0.15) is 342 Å². The monoisotopic (exact) mass is 1510 g/mol. The Labute approximate surface area is 639 Å². The lowest BCUT2D eigenvalue weighted by Crippen LogP contribution is -2.30. The zero-order chi connectivity index (χ0) is 76.6. The standard InChI is InChI=1S/C87H150O16P2/c1-4-7-10-13-16-19-22-25-27-29-31-33-35-37-38-39-40-41-42-44-46-47-49-51-53-56-58-61-64-67-70-73-85(90)97-76-82(88)77-99-104(93,94)100-78-83(89)79-101-105(95,96)102-81-84(103-87(92)75-72-69-66-63-60-55-24-21-18-15-12-9-6-3)80-98-86(91)74-71-68-65-62-59-57-54-52-50-48-45-43-36-34-32-30-28-26-23-20-17-14-11-8-5-2/h7,10,12,15-17,19-21,24-28,31-34,37-38,43,45,82-84,88-89H,4-6,8-9,11,13-14,18,22-23,29-30,35-36,39-42,44,46-81H2,1-3H3,(H,93,94)(H,95,96)/b10-7-,15-12-,19-16-,20-17-,24-21-,27-25-,28-26-,33-31-,34-32-,38-37-,45-43-. The number of ether oxygens (including phenoxy) is 3. The van der Waals surface area contributed by atoms with Gasteiger partial charge in [0, 0.05) is 19.3 Å². The molecule has 18 heteroatoms. The molecule has 0 aromatic rings. The van der Waals surface area contributed by atoms with Gasteiger partial charge in [0.05, 0.1) is 26.4 Å². The summed E-state index contributed by atoms with van der Waals surface area (Å²) in [4.78, 5) is 58.7. The van der Waals surface area contributed by atoms with E-state index in [4.69, 9.17) is 32.3 Å². The molecular weight excluding hydrogens is 1360 g/mol. The van der Waals surface area contributed by atoms with Crippen molar-refractivity contribution in [1.82, 2.24) is 0 Å². The molecule has 105 heavy (non-hydrogen) atoms. The van der Waals surface area contributed by atoms with Crippen molar-refractivity contribution in [2.45, 2.75) is 360 Å². The van der Waals surface area contributed by atoms with Crippen LogP contribution in [0.15, 0.2) is 134 Å². The van der Waals surface area contributed by atoms with Crippen LogP contribution in [0.4, 0.5) is 0 Å². The molecule has 0 saturated carbocycles. The number of carbonyl (C=O) groups excluding carboxylic acids is 3. The van der Waals surface area contributed by atoms with Gasteiger partial charge in [0.25, 0.3) is 0 Å². The number of hydrogen-bond donors (Lipinski definition) is 4. The summed E-state index contributed by atoms with van der Waals surface area (Å²) in [6, 6.07) is 0. The second-order valence-corrected chi connectivity index (χ2v) is 30.4. The molecule has 5 unspecified atom stereocenters. The zero-order valence-electron chi connectivity index (χ0n) is 66.1. The fraction of sp³-hybridized carbons (Fsp3) is 0.713. The largest absolute Gasteiger partial charge is 0.472 e. The maximum Gasteiger partial charge on any atom is 0.472 e. The highest BCUT2D eigenvalue weighted by Crippen LogP contribution is 2.45. The van der Waals surface area contributed by atoms with Crippen molar-refractivity contribution in [3.05, 3.63) is 134 Å². The number of phosphoric acid groups is 2. The molecule has 0 saturated heterocycles. The minimum Gasteiger partial charge on any atom is -0.463 e. The molecular formula is C87H150O16P2. The first-order valence-corrected chi connectivity index (χ1v) is 44.5. The Morgan fingerprint density at radius 1 is 0.276 bits per heavy atom. The minimum absolute atomic E-state index is 0.0853. The van der Waals surface area contributed by atoms with Gasteiger partial charge in [-0.15, -0.1) is 0 Å². The Kier molecular flexibility index (Phi) is 76.0. The molecule has 0 aromatic heterocycles. The van der Waals surface area contributed by atoms with Crippen LogP contribution in [-0.2, 0) is 55.8 Å². The van der Waals surface area contributed by atoms with Crippen LogP contribution in [0.3, 0.4) is 0 Å². The molecule has 0 aliphatic carbocycles. The van der Waals surface area contributed by atoms with Crippen LogP contribution >= 0.6 is 15.6 Å². The van der Waals surface area contributed by atoms with Gasteiger partial charge in [-0.3, -0.25) is 32.5 Å². The van der Waals surface area contributed by atoms with E-state index in [1.807, 2.05) is 0 Å². The van der Waals surface area contributed by atoms with E-state index >= 15 is 0 Å². The van der Waals surface area contributed by atoms with Gasteiger partial charge in [-0.1, -0.05) is 321 Å². The second-order valence-electron chi connectivity index (χ2n) is 27.5. The van der Waals surface area contributed by atoms with E-state index in [2.05, 4.69) is 154 Å². The third kappa shape index (κ3) is 80.5. The first-order chi connectivity index (χ1) is 51.2. The van der Waals surface area contributed by atoms with Gasteiger partial charge in [0.2, 0.25) is 0 Å². The number of carbonyl (C=O) groups is 3. The van der Waals surface area contributed by atoms with Crippen LogP contribution in [0.25, 0.3) is 0 Å². The Morgan fingerprint density at radius 2 is 0.524 bits per heavy atom. The average Bonchev–Trinajstić information content (AvgIpc) is 0.913. The number of unbranched alkanes of at least 4 members (excludes halogenated alkanes) is 33. The van der Waals surface area contributed by atoms with E-state index in [0.29, 0.717) is 19.3 Å². The highest BCUT2D eigenvalue weighted by atomic mass is 31.2. The lowest BCUT2D eigenvalue weighted by molar-refractivity contribution is -0.161. The van der Waals surface area contributed by atoms with Crippen LogP contribution in [0, 0.1) is 0 Å². The van der Waals surface area contributed by atoms with E-state index in [9.17, 15) is 43.5 Å². The molecule has 604 valence electrons. The van der Waals surface area contributed by atoms with Crippen molar-refractivity contribution in [3.63, 3.8) is 0 Å². The second kappa shape index (κ2) is 79.2.